The summed E-state index contributed by atoms with van der Waals surface area (Å²) in [6, 6.07) is 13.8. The van der Waals surface area contributed by atoms with Gasteiger partial charge in [-0.05, 0) is 47.5 Å². The molecule has 33 heavy (non-hydrogen) atoms. The van der Waals surface area contributed by atoms with E-state index < -0.39 is 0 Å². The van der Waals surface area contributed by atoms with Crippen LogP contribution in [0.3, 0.4) is 0 Å². The Morgan fingerprint density at radius 3 is 2.12 bits per heavy atom. The van der Waals surface area contributed by atoms with Gasteiger partial charge in [-0.25, -0.2) is 9.89 Å². The number of hydroxylamine groups is 1. The van der Waals surface area contributed by atoms with Crippen LogP contribution >= 0.6 is 0 Å². The highest BCUT2D eigenvalue weighted by molar-refractivity contribution is 5.82. The fourth-order valence-corrected chi connectivity index (χ4v) is 2.83. The van der Waals surface area contributed by atoms with Crippen molar-refractivity contribution in [3.63, 3.8) is 0 Å². The third-order valence-electron chi connectivity index (χ3n) is 4.40. The van der Waals surface area contributed by atoms with E-state index in [1.54, 1.807) is 30.3 Å². The van der Waals surface area contributed by atoms with Crippen LogP contribution in [-0.2, 0) is 6.54 Å². The monoisotopic (exact) mass is 452 g/mol. The van der Waals surface area contributed by atoms with E-state index in [9.17, 15) is 25.6 Å². The number of nitrogens with zero attached hydrogens (tertiary/aromatic N) is 1. The highest BCUT2D eigenvalue weighted by Crippen LogP contribution is 2.27. The number of nitrogens with one attached hydrogen (secondary N) is 1. The maximum Gasteiger partial charge on any atom is 0.185 e. The molecule has 9 nitrogen and oxygen atoms in total. The summed E-state index contributed by atoms with van der Waals surface area (Å²) >= 11 is 0. The van der Waals surface area contributed by atoms with E-state index in [0.29, 0.717) is 21.6 Å². The number of benzene rings is 3. The molecule has 172 valence electrons. The van der Waals surface area contributed by atoms with E-state index in [-0.39, 0.29) is 29.5 Å². The number of ether oxygens (including phenoxy) is 1. The second-order valence-electron chi connectivity index (χ2n) is 6.74. The van der Waals surface area contributed by atoms with Crippen LogP contribution in [0.25, 0.3) is 12.2 Å². The lowest BCUT2D eigenvalue weighted by molar-refractivity contribution is -0.469. The quantitative estimate of drug-likeness (QED) is 0.126. The SMILES string of the molecule is C=[NH+][O-].COc1cc(/C=C/c2ccc(O)c(/C=[N+](/[O-])Cc3ccc(O)cc3O)c2)ccc1O. The number of methoxy groups -OCH3 is 1. The molecule has 0 spiro atoms. The van der Waals surface area contributed by atoms with E-state index in [1.165, 1.54) is 42.7 Å². The largest absolute Gasteiger partial charge is 0.626 e. The van der Waals surface area contributed by atoms with Crippen molar-refractivity contribution in [2.24, 2.45) is 0 Å². The van der Waals surface area contributed by atoms with E-state index in [1.807, 2.05) is 6.08 Å². The molecule has 9 heteroatoms. The molecule has 0 aromatic heterocycles. The van der Waals surface area contributed by atoms with Crippen molar-refractivity contribution in [3.8, 4) is 28.7 Å². The van der Waals surface area contributed by atoms with Crippen molar-refractivity contribution in [3.05, 3.63) is 87.3 Å². The van der Waals surface area contributed by atoms with E-state index in [2.05, 4.69) is 6.72 Å². The smallest absolute Gasteiger partial charge is 0.185 e. The van der Waals surface area contributed by atoms with Gasteiger partial charge in [-0.1, -0.05) is 24.3 Å². The van der Waals surface area contributed by atoms with E-state index in [4.69, 9.17) is 9.94 Å². The van der Waals surface area contributed by atoms with Gasteiger partial charge in [0, 0.05) is 6.07 Å². The maximum absolute atomic E-state index is 12.3. The molecule has 0 bridgehead atoms. The molecular weight excluding hydrogens is 428 g/mol. The van der Waals surface area contributed by atoms with Gasteiger partial charge in [-0.3, -0.25) is 0 Å². The predicted octanol–water partition coefficient (Wildman–Crippen LogP) is 2.08. The van der Waals surface area contributed by atoms with Gasteiger partial charge in [0.2, 0.25) is 0 Å². The summed E-state index contributed by atoms with van der Waals surface area (Å²) in [5.74, 6) is 0.0625. The molecular formula is C24H24N2O7. The molecule has 0 amide bonds. The fraction of sp³-hybridized carbons (Fsp3) is 0.0833. The molecule has 0 unspecified atom stereocenters. The summed E-state index contributed by atoms with van der Waals surface area (Å²) in [7, 11) is 1.47. The second-order valence-corrected chi connectivity index (χ2v) is 6.74. The highest BCUT2D eigenvalue weighted by atomic mass is 16.5. The van der Waals surface area contributed by atoms with Crippen LogP contribution in [0.4, 0.5) is 0 Å². The molecule has 0 saturated heterocycles. The summed E-state index contributed by atoms with van der Waals surface area (Å²) in [6.45, 7) is 2.53. The normalized spacial score (nSPS) is 11.0. The summed E-state index contributed by atoms with van der Waals surface area (Å²) in [4.78, 5) is 0. The topological polar surface area (TPSA) is 153 Å². The van der Waals surface area contributed by atoms with E-state index >= 15 is 0 Å². The zero-order chi connectivity index (χ0) is 24.4. The molecule has 0 aliphatic rings. The van der Waals surface area contributed by atoms with Crippen LogP contribution in [0, 0.1) is 10.4 Å². The third-order valence-corrected chi connectivity index (χ3v) is 4.40. The molecule has 5 N–H and O–H groups in total. The number of hydrogen-bond donors (Lipinski definition) is 5. The average molecular weight is 452 g/mol. The first-order chi connectivity index (χ1) is 15.8. The molecule has 0 heterocycles. The first-order valence-corrected chi connectivity index (χ1v) is 9.59. The first kappa shape index (κ1) is 24.6. The van der Waals surface area contributed by atoms with Crippen LogP contribution < -0.4 is 9.89 Å². The Labute approximate surface area is 190 Å². The third kappa shape index (κ3) is 7.21. The Hall–Kier alpha value is -4.66. The van der Waals surface area contributed by atoms with Gasteiger partial charge in [0.25, 0.3) is 0 Å². The molecule has 0 aliphatic heterocycles. The van der Waals surface area contributed by atoms with Crippen LogP contribution in [0.1, 0.15) is 22.3 Å². The fourth-order valence-electron chi connectivity index (χ4n) is 2.83. The van der Waals surface area contributed by atoms with E-state index in [0.717, 1.165) is 17.2 Å². The zero-order valence-corrected chi connectivity index (χ0v) is 17.8. The van der Waals surface area contributed by atoms with Crippen molar-refractivity contribution >= 4 is 25.1 Å². The van der Waals surface area contributed by atoms with Gasteiger partial charge in [0.1, 0.15) is 24.0 Å². The van der Waals surface area contributed by atoms with Crippen LogP contribution in [0.2, 0.25) is 0 Å². The summed E-state index contributed by atoms with van der Waals surface area (Å²) < 4.78 is 5.67. The van der Waals surface area contributed by atoms with Gasteiger partial charge in [-0.2, -0.15) is 0 Å². The molecule has 3 aromatic rings. The van der Waals surface area contributed by atoms with Gasteiger partial charge in [-0.15, -0.1) is 0 Å². The highest BCUT2D eigenvalue weighted by Gasteiger charge is 2.09. The first-order valence-electron chi connectivity index (χ1n) is 9.59. The van der Waals surface area contributed by atoms with Crippen molar-refractivity contribution in [2.45, 2.75) is 6.54 Å². The Balaban J connectivity index is 0.00000122. The van der Waals surface area contributed by atoms with Crippen LogP contribution in [-0.4, -0.2) is 45.2 Å². The minimum atomic E-state index is -0.186. The molecule has 0 radical (unpaired) electrons. The van der Waals surface area contributed by atoms with Crippen LogP contribution in [0.15, 0.2) is 54.6 Å². The Morgan fingerprint density at radius 2 is 1.52 bits per heavy atom. The minimum absolute atomic E-state index is 0.0476. The van der Waals surface area contributed by atoms with Gasteiger partial charge >= 0.3 is 0 Å². The Morgan fingerprint density at radius 1 is 0.909 bits per heavy atom. The van der Waals surface area contributed by atoms with Gasteiger partial charge in [0.05, 0.1) is 18.2 Å². The maximum atomic E-state index is 12.3. The molecule has 0 saturated carbocycles. The minimum Gasteiger partial charge on any atom is -0.626 e. The summed E-state index contributed by atoms with van der Waals surface area (Å²) in [5, 5.41) is 61.0. The number of phenolic OH excluding ortho intramolecular Hbond substituents is 4. The lowest BCUT2D eigenvalue weighted by atomic mass is 10.1. The molecule has 3 aromatic carbocycles. The standard InChI is InChI=1S/C23H21NO6.CH3NO/c1-30-23-11-16(5-9-21(23)27)3-2-15-4-8-20(26)18(10-15)14-24(29)13-17-6-7-19(25)12-22(17)28;1-2-3/h2-12,14,25-28H,13H2,1H3;2H,1H2/b3-2+,24-14+;. The van der Waals surface area contributed by atoms with Crippen molar-refractivity contribution in [1.29, 1.82) is 0 Å². The summed E-state index contributed by atoms with van der Waals surface area (Å²) in [6.07, 6.45) is 4.83. The second kappa shape index (κ2) is 11.7. The number of rotatable bonds is 6. The lowest BCUT2D eigenvalue weighted by Crippen LogP contribution is -2.56. The zero-order valence-electron chi connectivity index (χ0n) is 17.8. The number of aromatic hydroxyl groups is 4. The van der Waals surface area contributed by atoms with Crippen molar-refractivity contribution < 1.29 is 35.1 Å². The van der Waals surface area contributed by atoms with Crippen molar-refractivity contribution in [1.82, 2.24) is 0 Å². The average Bonchev–Trinajstić information content (AvgIpc) is 2.77. The number of phenols is 4. The van der Waals surface area contributed by atoms with Crippen molar-refractivity contribution in [2.75, 3.05) is 7.11 Å². The van der Waals surface area contributed by atoms with Gasteiger partial charge < -0.3 is 35.6 Å². The Bertz CT molecular complexity index is 1170. The predicted molar refractivity (Wildman–Crippen MR) is 125 cm³/mol. The molecule has 3 rings (SSSR count). The summed E-state index contributed by atoms with van der Waals surface area (Å²) in [5.41, 5.74) is 2.20. The lowest BCUT2D eigenvalue weighted by Gasteiger charge is -2.07. The van der Waals surface area contributed by atoms with Gasteiger partial charge in [0.15, 0.2) is 24.3 Å². The Kier molecular flexibility index (Phi) is 8.69. The molecule has 0 atom stereocenters. The molecule has 0 aliphatic carbocycles. The molecule has 0 fully saturated rings. The number of hydrogen-bond acceptors (Lipinski definition) is 7. The van der Waals surface area contributed by atoms with Crippen LogP contribution in [0.5, 0.6) is 28.7 Å².